The highest BCUT2D eigenvalue weighted by atomic mass is 16.3. The number of aromatic nitrogens is 2. The summed E-state index contributed by atoms with van der Waals surface area (Å²) in [6, 6.07) is 9.94. The normalized spacial score (nSPS) is 16.2. The van der Waals surface area contributed by atoms with E-state index < -0.39 is 5.60 Å². The molecule has 0 radical (unpaired) electrons. The molecule has 1 unspecified atom stereocenters. The summed E-state index contributed by atoms with van der Waals surface area (Å²) >= 11 is 0. The first kappa shape index (κ1) is 17.7. The average molecular weight is 363 g/mol. The van der Waals surface area contributed by atoms with Gasteiger partial charge < -0.3 is 15.0 Å². The molecular formula is C22H25N3O2. The van der Waals surface area contributed by atoms with Crippen LogP contribution >= 0.6 is 0 Å². The van der Waals surface area contributed by atoms with Crippen LogP contribution in [0.4, 0.5) is 0 Å². The third kappa shape index (κ3) is 2.65. The van der Waals surface area contributed by atoms with E-state index in [1.54, 1.807) is 12.5 Å². The van der Waals surface area contributed by atoms with Crippen LogP contribution in [0, 0.1) is 5.92 Å². The number of benzene rings is 2. The lowest BCUT2D eigenvalue weighted by molar-refractivity contribution is 0.0280. The molecule has 3 aromatic rings. The van der Waals surface area contributed by atoms with Gasteiger partial charge in [-0.05, 0) is 46.4 Å². The number of hydrogen-bond acceptors (Lipinski definition) is 3. The van der Waals surface area contributed by atoms with Gasteiger partial charge in [-0.25, -0.2) is 4.98 Å². The summed E-state index contributed by atoms with van der Waals surface area (Å²) in [5, 5.41) is 13.6. The largest absolute Gasteiger partial charge is 0.379 e. The Morgan fingerprint density at radius 3 is 2.78 bits per heavy atom. The minimum atomic E-state index is -1.15. The number of aliphatic hydroxyl groups is 1. The third-order valence-electron chi connectivity index (χ3n) is 5.68. The molecule has 5 nitrogen and oxygen atoms in total. The van der Waals surface area contributed by atoms with Gasteiger partial charge in [-0.3, -0.25) is 4.79 Å². The van der Waals surface area contributed by atoms with Crippen LogP contribution < -0.4 is 0 Å². The molecule has 2 aromatic carbocycles. The van der Waals surface area contributed by atoms with Crippen molar-refractivity contribution in [1.29, 1.82) is 0 Å². The molecule has 5 heteroatoms. The Bertz CT molecular complexity index is 994. The highest BCUT2D eigenvalue weighted by Gasteiger charge is 2.37. The van der Waals surface area contributed by atoms with Crippen LogP contribution in [-0.2, 0) is 12.1 Å². The fourth-order valence-electron chi connectivity index (χ4n) is 4.15. The number of fused-ring (bicyclic) bond motifs is 3. The zero-order valence-electron chi connectivity index (χ0n) is 16.0. The number of nitrogens with zero attached hydrogens (tertiary/aromatic N) is 2. The summed E-state index contributed by atoms with van der Waals surface area (Å²) in [5.41, 5.74) is 2.25. The highest BCUT2D eigenvalue weighted by molar-refractivity contribution is 6.04. The maximum atomic E-state index is 12.6. The Morgan fingerprint density at radius 2 is 2.11 bits per heavy atom. The second kappa shape index (κ2) is 6.50. The predicted octanol–water partition coefficient (Wildman–Crippen LogP) is 3.82. The van der Waals surface area contributed by atoms with Crippen molar-refractivity contribution < 1.29 is 9.90 Å². The summed E-state index contributed by atoms with van der Waals surface area (Å²) in [6.45, 7) is 7.51. The second-order valence-corrected chi connectivity index (χ2v) is 7.64. The monoisotopic (exact) mass is 363 g/mol. The molecule has 1 aromatic heterocycles. The van der Waals surface area contributed by atoms with Crippen molar-refractivity contribution >= 4 is 16.7 Å². The van der Waals surface area contributed by atoms with Crippen molar-refractivity contribution in [3.8, 4) is 0 Å². The van der Waals surface area contributed by atoms with Crippen molar-refractivity contribution in [2.75, 3.05) is 6.54 Å². The summed E-state index contributed by atoms with van der Waals surface area (Å²) in [6.07, 6.45) is 4.21. The second-order valence-electron chi connectivity index (χ2n) is 7.64. The van der Waals surface area contributed by atoms with Gasteiger partial charge in [0.1, 0.15) is 5.60 Å². The lowest BCUT2D eigenvalue weighted by atomic mass is 9.80. The number of rotatable bonds is 5. The maximum Gasteiger partial charge on any atom is 0.254 e. The third-order valence-corrected chi connectivity index (χ3v) is 5.68. The van der Waals surface area contributed by atoms with E-state index in [-0.39, 0.29) is 11.8 Å². The molecule has 0 spiro atoms. The van der Waals surface area contributed by atoms with Gasteiger partial charge in [-0.2, -0.15) is 0 Å². The SMILES string of the molecule is CCCN1Cc2c(ccc3cc(C(O)(c4cnc[nH]4)C(C)C)ccc23)C1=O. The van der Waals surface area contributed by atoms with E-state index in [0.717, 1.165) is 40.4 Å². The minimum absolute atomic E-state index is 0.0357. The van der Waals surface area contributed by atoms with Crippen molar-refractivity contribution in [2.45, 2.75) is 39.3 Å². The fraction of sp³-hybridized carbons (Fsp3) is 0.364. The Kier molecular flexibility index (Phi) is 4.27. The van der Waals surface area contributed by atoms with Gasteiger partial charge in [0, 0.05) is 18.7 Å². The number of aromatic amines is 1. The fourth-order valence-corrected chi connectivity index (χ4v) is 4.15. The van der Waals surface area contributed by atoms with E-state index in [9.17, 15) is 9.90 Å². The van der Waals surface area contributed by atoms with Crippen LogP contribution in [0.5, 0.6) is 0 Å². The zero-order valence-corrected chi connectivity index (χ0v) is 16.0. The summed E-state index contributed by atoms with van der Waals surface area (Å²) < 4.78 is 0. The van der Waals surface area contributed by atoms with Gasteiger partial charge in [0.2, 0.25) is 0 Å². The van der Waals surface area contributed by atoms with Crippen LogP contribution in [0.1, 0.15) is 54.4 Å². The van der Waals surface area contributed by atoms with Crippen LogP contribution in [0.15, 0.2) is 42.9 Å². The van der Waals surface area contributed by atoms with Crippen molar-refractivity contribution in [3.05, 3.63) is 65.2 Å². The lowest BCUT2D eigenvalue weighted by Crippen LogP contribution is -2.33. The van der Waals surface area contributed by atoms with Gasteiger partial charge in [-0.1, -0.05) is 39.0 Å². The maximum absolute atomic E-state index is 12.6. The first-order valence-corrected chi connectivity index (χ1v) is 9.53. The Balaban J connectivity index is 1.82. The number of H-pyrrole nitrogens is 1. The average Bonchev–Trinajstić information content (AvgIpc) is 3.30. The number of hydrogen-bond donors (Lipinski definition) is 2. The van der Waals surface area contributed by atoms with Crippen molar-refractivity contribution in [3.63, 3.8) is 0 Å². The molecule has 1 atom stereocenters. The summed E-state index contributed by atoms with van der Waals surface area (Å²) in [4.78, 5) is 21.6. The Hall–Kier alpha value is -2.66. The van der Waals surface area contributed by atoms with E-state index in [0.29, 0.717) is 12.2 Å². The van der Waals surface area contributed by atoms with Crippen LogP contribution in [0.2, 0.25) is 0 Å². The Labute approximate surface area is 159 Å². The van der Waals surface area contributed by atoms with E-state index in [1.165, 1.54) is 0 Å². The van der Waals surface area contributed by atoms with E-state index >= 15 is 0 Å². The first-order chi connectivity index (χ1) is 13.0. The number of nitrogens with one attached hydrogen (secondary N) is 1. The van der Waals surface area contributed by atoms with E-state index in [2.05, 4.69) is 16.9 Å². The number of carbonyl (C=O) groups is 1. The lowest BCUT2D eigenvalue weighted by Gasteiger charge is -2.32. The van der Waals surface area contributed by atoms with Crippen LogP contribution in [-0.4, -0.2) is 32.4 Å². The molecule has 0 saturated heterocycles. The number of imidazole rings is 1. The molecule has 4 rings (SSSR count). The first-order valence-electron chi connectivity index (χ1n) is 9.53. The number of carbonyl (C=O) groups excluding carboxylic acids is 1. The van der Waals surface area contributed by atoms with Gasteiger partial charge in [0.25, 0.3) is 5.91 Å². The molecular weight excluding hydrogens is 338 g/mol. The molecule has 0 aliphatic carbocycles. The van der Waals surface area contributed by atoms with Gasteiger partial charge >= 0.3 is 0 Å². The molecule has 0 bridgehead atoms. The molecule has 2 heterocycles. The molecule has 1 amide bonds. The molecule has 0 fully saturated rings. The standard InChI is InChI=1S/C22H25N3O2/c1-4-9-25-12-19-17-8-6-16(10-15(17)5-7-18(19)21(25)26)22(27,14(2)3)20-11-23-13-24-20/h5-8,10-11,13-14,27H,4,9,12H2,1-3H3,(H,23,24). The van der Waals surface area contributed by atoms with E-state index in [4.69, 9.17) is 0 Å². The van der Waals surface area contributed by atoms with Gasteiger partial charge in [0.05, 0.1) is 18.2 Å². The van der Waals surface area contributed by atoms with Crippen molar-refractivity contribution in [1.82, 2.24) is 14.9 Å². The molecule has 2 N–H and O–H groups in total. The summed E-state index contributed by atoms with van der Waals surface area (Å²) in [5.74, 6) is 0.0837. The van der Waals surface area contributed by atoms with E-state index in [1.807, 2.05) is 49.1 Å². The topological polar surface area (TPSA) is 69.2 Å². The van der Waals surface area contributed by atoms with Crippen LogP contribution in [0.25, 0.3) is 10.8 Å². The molecule has 1 aliphatic rings. The zero-order chi connectivity index (χ0) is 19.2. The molecule has 27 heavy (non-hydrogen) atoms. The molecule has 140 valence electrons. The summed E-state index contributed by atoms with van der Waals surface area (Å²) in [7, 11) is 0. The quantitative estimate of drug-likeness (QED) is 0.724. The van der Waals surface area contributed by atoms with Crippen molar-refractivity contribution in [2.24, 2.45) is 5.92 Å². The smallest absolute Gasteiger partial charge is 0.254 e. The molecule has 0 saturated carbocycles. The number of amides is 1. The predicted molar refractivity (Wildman–Crippen MR) is 105 cm³/mol. The van der Waals surface area contributed by atoms with Crippen LogP contribution in [0.3, 0.4) is 0 Å². The molecule has 1 aliphatic heterocycles. The Morgan fingerprint density at radius 1 is 1.30 bits per heavy atom. The van der Waals surface area contributed by atoms with Gasteiger partial charge in [0.15, 0.2) is 0 Å². The van der Waals surface area contributed by atoms with Gasteiger partial charge in [-0.15, -0.1) is 0 Å². The minimum Gasteiger partial charge on any atom is -0.379 e. The highest BCUT2D eigenvalue weighted by Crippen LogP contribution is 2.38.